The van der Waals surface area contributed by atoms with Crippen molar-refractivity contribution in [2.24, 2.45) is 0 Å². The van der Waals surface area contributed by atoms with Crippen molar-refractivity contribution >= 4 is 11.8 Å². The quantitative estimate of drug-likeness (QED) is 0.676. The van der Waals surface area contributed by atoms with Crippen LogP contribution in [0.4, 0.5) is 14.9 Å². The van der Waals surface area contributed by atoms with Crippen LogP contribution in [0, 0.1) is 15.9 Å². The van der Waals surface area contributed by atoms with E-state index in [0.29, 0.717) is 0 Å². The normalized spacial score (nSPS) is 10.9. The van der Waals surface area contributed by atoms with Gasteiger partial charge in [-0.05, 0) is 32.9 Å². The van der Waals surface area contributed by atoms with Crippen LogP contribution in [0.2, 0.25) is 0 Å². The molecule has 0 aliphatic rings. The lowest BCUT2D eigenvalue weighted by Gasteiger charge is -2.19. The summed E-state index contributed by atoms with van der Waals surface area (Å²) in [4.78, 5) is 21.4. The number of rotatable bonds is 3. The topological polar surface area (TPSA) is 81.5 Å². The van der Waals surface area contributed by atoms with Crippen LogP contribution >= 0.6 is 0 Å². The van der Waals surface area contributed by atoms with E-state index in [4.69, 9.17) is 4.74 Å². The van der Waals surface area contributed by atoms with Crippen molar-refractivity contribution in [3.05, 3.63) is 39.7 Å². The third-order valence-electron chi connectivity index (χ3n) is 2.07. The van der Waals surface area contributed by atoms with E-state index in [2.05, 4.69) is 5.32 Å². The highest BCUT2D eigenvalue weighted by Crippen LogP contribution is 2.19. The number of halogens is 1. The number of nitrogens with zero attached hydrogens (tertiary/aromatic N) is 1. The first kappa shape index (κ1) is 14.9. The second-order valence-electron chi connectivity index (χ2n) is 4.89. The molecule has 1 amide bonds. The number of benzene rings is 1. The molecule has 1 aromatic carbocycles. The lowest BCUT2D eigenvalue weighted by Crippen LogP contribution is -2.32. The molecule has 0 heterocycles. The van der Waals surface area contributed by atoms with Crippen LogP contribution in [-0.2, 0) is 11.3 Å². The molecule has 0 atom stereocenters. The van der Waals surface area contributed by atoms with Gasteiger partial charge in [0, 0.05) is 5.56 Å². The van der Waals surface area contributed by atoms with Gasteiger partial charge in [-0.15, -0.1) is 0 Å². The van der Waals surface area contributed by atoms with Gasteiger partial charge in [-0.2, -0.15) is 0 Å². The molecule has 0 radical (unpaired) electrons. The minimum atomic E-state index is -0.701. The van der Waals surface area contributed by atoms with Crippen molar-refractivity contribution in [3.63, 3.8) is 0 Å². The summed E-state index contributed by atoms with van der Waals surface area (Å²) in [5, 5.41) is 13.1. The fourth-order valence-corrected chi connectivity index (χ4v) is 1.34. The Morgan fingerprint density at radius 3 is 2.63 bits per heavy atom. The van der Waals surface area contributed by atoms with Crippen molar-refractivity contribution < 1.29 is 18.8 Å². The predicted octanol–water partition coefficient (Wildman–Crippen LogP) is 2.76. The average Bonchev–Trinajstić information content (AvgIpc) is 2.24. The van der Waals surface area contributed by atoms with Gasteiger partial charge in [0.05, 0.1) is 17.5 Å². The number of hydrogen-bond donors (Lipinski definition) is 1. The summed E-state index contributed by atoms with van der Waals surface area (Å²) in [6, 6.07) is 3.16. The van der Waals surface area contributed by atoms with E-state index in [-0.39, 0.29) is 17.8 Å². The molecule has 1 aromatic rings. The summed E-state index contributed by atoms with van der Waals surface area (Å²) in [6.45, 7) is 5.00. The van der Waals surface area contributed by atoms with Crippen LogP contribution in [0.5, 0.6) is 0 Å². The average molecular weight is 270 g/mol. The van der Waals surface area contributed by atoms with Gasteiger partial charge in [-0.3, -0.25) is 10.1 Å². The Kier molecular flexibility index (Phi) is 4.42. The van der Waals surface area contributed by atoms with E-state index >= 15 is 0 Å². The molecule has 104 valence electrons. The van der Waals surface area contributed by atoms with Gasteiger partial charge in [-0.25, -0.2) is 9.18 Å². The van der Waals surface area contributed by atoms with E-state index in [9.17, 15) is 19.3 Å². The van der Waals surface area contributed by atoms with Crippen molar-refractivity contribution in [1.82, 2.24) is 5.32 Å². The Balaban J connectivity index is 2.73. The number of nitrogens with one attached hydrogen (secondary N) is 1. The van der Waals surface area contributed by atoms with E-state index < -0.39 is 22.4 Å². The SMILES string of the molecule is CC(C)(C)OC(=O)NCc1ccc(F)cc1[N+](=O)[O-]. The maximum atomic E-state index is 12.9. The lowest BCUT2D eigenvalue weighted by molar-refractivity contribution is -0.385. The zero-order chi connectivity index (χ0) is 14.6. The zero-order valence-electron chi connectivity index (χ0n) is 10.9. The highest BCUT2D eigenvalue weighted by Gasteiger charge is 2.18. The molecule has 1 rings (SSSR count). The van der Waals surface area contributed by atoms with Gasteiger partial charge >= 0.3 is 6.09 Å². The van der Waals surface area contributed by atoms with Crippen LogP contribution in [0.3, 0.4) is 0 Å². The second kappa shape index (κ2) is 5.64. The zero-order valence-corrected chi connectivity index (χ0v) is 10.9. The molecule has 1 N–H and O–H groups in total. The minimum absolute atomic E-state index is 0.106. The Bertz CT molecular complexity index is 497. The molecular formula is C12H15FN2O4. The highest BCUT2D eigenvalue weighted by atomic mass is 19.1. The summed E-state index contributed by atoms with van der Waals surface area (Å²) in [6.07, 6.45) is -0.689. The fourth-order valence-electron chi connectivity index (χ4n) is 1.34. The van der Waals surface area contributed by atoms with E-state index in [1.54, 1.807) is 20.8 Å². The van der Waals surface area contributed by atoms with Gasteiger partial charge < -0.3 is 10.1 Å². The van der Waals surface area contributed by atoms with E-state index in [1.165, 1.54) is 6.07 Å². The summed E-state index contributed by atoms with van der Waals surface area (Å²) >= 11 is 0. The maximum Gasteiger partial charge on any atom is 0.407 e. The van der Waals surface area contributed by atoms with E-state index in [0.717, 1.165) is 12.1 Å². The molecule has 19 heavy (non-hydrogen) atoms. The number of nitro groups is 1. The molecule has 0 saturated heterocycles. The first-order chi connectivity index (χ1) is 8.69. The molecule has 0 fully saturated rings. The summed E-state index contributed by atoms with van der Waals surface area (Å²) < 4.78 is 17.9. The predicted molar refractivity (Wildman–Crippen MR) is 66.1 cm³/mol. The second-order valence-corrected chi connectivity index (χ2v) is 4.89. The number of hydrogen-bond acceptors (Lipinski definition) is 4. The Morgan fingerprint density at radius 2 is 2.11 bits per heavy atom. The molecule has 7 heteroatoms. The fraction of sp³-hybridized carbons (Fsp3) is 0.417. The van der Waals surface area contributed by atoms with Crippen LogP contribution in [0.15, 0.2) is 18.2 Å². The lowest BCUT2D eigenvalue weighted by atomic mass is 10.2. The van der Waals surface area contributed by atoms with Crippen LogP contribution in [0.1, 0.15) is 26.3 Å². The number of alkyl carbamates (subject to hydrolysis) is 1. The van der Waals surface area contributed by atoms with Crippen molar-refractivity contribution in [1.29, 1.82) is 0 Å². The molecule has 0 aromatic heterocycles. The van der Waals surface area contributed by atoms with Gasteiger partial charge in [0.2, 0.25) is 0 Å². The summed E-state index contributed by atoms with van der Waals surface area (Å²) in [5.41, 5.74) is -0.827. The van der Waals surface area contributed by atoms with Crippen LogP contribution < -0.4 is 5.32 Å². The largest absolute Gasteiger partial charge is 0.444 e. The molecule has 0 unspecified atom stereocenters. The van der Waals surface area contributed by atoms with Gasteiger partial charge in [0.25, 0.3) is 5.69 Å². The van der Waals surface area contributed by atoms with E-state index in [1.807, 2.05) is 0 Å². The summed E-state index contributed by atoms with van der Waals surface area (Å²) in [7, 11) is 0. The van der Waals surface area contributed by atoms with Crippen molar-refractivity contribution in [3.8, 4) is 0 Å². The third-order valence-corrected chi connectivity index (χ3v) is 2.07. The number of nitro benzene ring substituents is 1. The van der Waals surface area contributed by atoms with Crippen molar-refractivity contribution in [2.75, 3.05) is 0 Å². The molecule has 0 bridgehead atoms. The minimum Gasteiger partial charge on any atom is -0.444 e. The number of carbonyl (C=O) groups is 1. The molecule has 6 nitrogen and oxygen atoms in total. The molecule has 0 aliphatic carbocycles. The first-order valence-corrected chi connectivity index (χ1v) is 5.59. The number of amides is 1. The molecule has 0 aliphatic heterocycles. The Hall–Kier alpha value is -2.18. The summed E-state index contributed by atoms with van der Waals surface area (Å²) in [5.74, 6) is -0.701. The number of ether oxygens (including phenoxy) is 1. The van der Waals surface area contributed by atoms with Crippen molar-refractivity contribution in [2.45, 2.75) is 32.9 Å². The smallest absolute Gasteiger partial charge is 0.407 e. The highest BCUT2D eigenvalue weighted by molar-refractivity contribution is 5.67. The van der Waals surface area contributed by atoms with Gasteiger partial charge in [-0.1, -0.05) is 0 Å². The van der Waals surface area contributed by atoms with Crippen LogP contribution in [-0.4, -0.2) is 16.6 Å². The third kappa shape index (κ3) is 4.90. The standard InChI is InChI=1S/C12H15FN2O4/c1-12(2,3)19-11(16)14-7-8-4-5-9(13)6-10(8)15(17)18/h4-6H,7H2,1-3H3,(H,14,16). The first-order valence-electron chi connectivity index (χ1n) is 5.59. The molecule has 0 saturated carbocycles. The number of carbonyl (C=O) groups excluding carboxylic acids is 1. The maximum absolute atomic E-state index is 12.9. The molecule has 0 spiro atoms. The van der Waals surface area contributed by atoms with Gasteiger partial charge in [0.15, 0.2) is 0 Å². The monoisotopic (exact) mass is 270 g/mol. The molecular weight excluding hydrogens is 255 g/mol. The van der Waals surface area contributed by atoms with Gasteiger partial charge in [0.1, 0.15) is 11.4 Å². The Labute approximate surface area is 109 Å². The Morgan fingerprint density at radius 1 is 1.47 bits per heavy atom. The van der Waals surface area contributed by atoms with Crippen LogP contribution in [0.25, 0.3) is 0 Å².